The van der Waals surface area contributed by atoms with Gasteiger partial charge in [0.25, 0.3) is 0 Å². The van der Waals surface area contributed by atoms with Crippen molar-refractivity contribution in [1.82, 2.24) is 15.2 Å². The van der Waals surface area contributed by atoms with Gasteiger partial charge in [-0.25, -0.2) is 14.2 Å². The molecule has 3 heterocycles. The van der Waals surface area contributed by atoms with Crippen LogP contribution in [0.3, 0.4) is 0 Å². The number of rotatable bonds is 8. The van der Waals surface area contributed by atoms with Gasteiger partial charge in [0, 0.05) is 24.6 Å². The van der Waals surface area contributed by atoms with Crippen LogP contribution in [0.4, 0.5) is 4.39 Å². The predicted octanol–water partition coefficient (Wildman–Crippen LogP) is 5.25. The summed E-state index contributed by atoms with van der Waals surface area (Å²) in [6.07, 6.45) is 3.41. The lowest BCUT2D eigenvalue weighted by atomic mass is 9.93. The first kappa shape index (κ1) is 25.4. The van der Waals surface area contributed by atoms with Crippen molar-refractivity contribution in [2.75, 3.05) is 0 Å². The molecule has 1 atom stereocenters. The maximum atomic E-state index is 14.4. The fraction of sp³-hybridized carbons (Fsp3) is 0.172. The number of ether oxygens (including phenoxy) is 1. The van der Waals surface area contributed by atoms with E-state index in [2.05, 4.69) is 15.3 Å². The summed E-state index contributed by atoms with van der Waals surface area (Å²) in [5.74, 6) is -1.15. The lowest BCUT2D eigenvalue weighted by molar-refractivity contribution is -0.141. The Hall–Kier alpha value is -4.24. The molecule has 1 aromatic heterocycles. The Bertz CT molecular complexity index is 1440. The molecule has 7 nitrogen and oxygen atoms in total. The molecule has 0 aliphatic carbocycles. The molecular weight excluding hydrogens is 503 g/mol. The zero-order valence-electron chi connectivity index (χ0n) is 20.6. The molecule has 2 aliphatic rings. The van der Waals surface area contributed by atoms with Gasteiger partial charge in [-0.05, 0) is 53.3 Å². The normalized spacial score (nSPS) is 16.5. The van der Waals surface area contributed by atoms with Gasteiger partial charge in [-0.3, -0.25) is 9.78 Å². The molecule has 1 amide bonds. The van der Waals surface area contributed by atoms with Crippen LogP contribution in [0, 0.1) is 5.82 Å². The molecule has 0 spiro atoms. The van der Waals surface area contributed by atoms with Crippen LogP contribution in [0.5, 0.6) is 0 Å². The zero-order chi connectivity index (χ0) is 26.5. The van der Waals surface area contributed by atoms with E-state index in [1.807, 2.05) is 52.8 Å². The molecule has 0 radical (unpaired) electrons. The second-order valence-electron chi connectivity index (χ2n) is 8.82. The average molecular weight is 529 g/mol. The number of carbonyl (C=O) groups is 2. The van der Waals surface area contributed by atoms with Crippen molar-refractivity contribution in [3.05, 3.63) is 124 Å². The van der Waals surface area contributed by atoms with Gasteiger partial charge < -0.3 is 15.0 Å². The van der Waals surface area contributed by atoms with Gasteiger partial charge in [0.1, 0.15) is 12.4 Å². The molecule has 192 valence electrons. The summed E-state index contributed by atoms with van der Waals surface area (Å²) in [7, 11) is 0. The number of amides is 1. The number of aromatic nitrogens is 1. The summed E-state index contributed by atoms with van der Waals surface area (Å²) in [5, 5.41) is 5.39. The van der Waals surface area contributed by atoms with Crippen LogP contribution in [0.15, 0.2) is 106 Å². The highest BCUT2D eigenvalue weighted by Gasteiger charge is 2.41. The van der Waals surface area contributed by atoms with Crippen LogP contribution in [0.2, 0.25) is 0 Å². The third kappa shape index (κ3) is 5.68. The highest BCUT2D eigenvalue weighted by molar-refractivity contribution is 8.16. The van der Waals surface area contributed by atoms with E-state index in [0.717, 1.165) is 11.1 Å². The molecule has 5 rings (SSSR count). The number of pyridine rings is 1. The zero-order valence-corrected chi connectivity index (χ0v) is 21.5. The van der Waals surface area contributed by atoms with Gasteiger partial charge in [0.2, 0.25) is 5.91 Å². The Morgan fingerprint density at radius 3 is 2.61 bits per heavy atom. The minimum atomic E-state index is -0.698. The summed E-state index contributed by atoms with van der Waals surface area (Å²) in [6, 6.07) is 18.5. The van der Waals surface area contributed by atoms with E-state index in [4.69, 9.17) is 4.74 Å². The van der Waals surface area contributed by atoms with Gasteiger partial charge in [-0.1, -0.05) is 54.2 Å². The van der Waals surface area contributed by atoms with Gasteiger partial charge in [0.05, 0.1) is 23.7 Å². The fourth-order valence-electron chi connectivity index (χ4n) is 4.35. The van der Waals surface area contributed by atoms with Crippen LogP contribution in [-0.4, -0.2) is 26.9 Å². The molecule has 2 aliphatic heterocycles. The Morgan fingerprint density at radius 1 is 1.05 bits per heavy atom. The second kappa shape index (κ2) is 11.4. The number of aliphatic imine (C=N–C) groups is 1. The highest BCUT2D eigenvalue weighted by Crippen LogP contribution is 2.45. The largest absolute Gasteiger partial charge is 0.457 e. The van der Waals surface area contributed by atoms with E-state index in [1.54, 1.807) is 31.5 Å². The Balaban J connectivity index is 1.40. The second-order valence-corrected chi connectivity index (χ2v) is 9.66. The summed E-state index contributed by atoms with van der Waals surface area (Å²) in [4.78, 5) is 36.8. The van der Waals surface area contributed by atoms with Gasteiger partial charge in [-0.15, -0.1) is 0 Å². The van der Waals surface area contributed by atoms with E-state index in [1.165, 1.54) is 23.9 Å². The first-order chi connectivity index (χ1) is 18.5. The van der Waals surface area contributed by atoms with E-state index in [0.29, 0.717) is 34.2 Å². The van der Waals surface area contributed by atoms with Gasteiger partial charge in [0.15, 0.2) is 5.17 Å². The van der Waals surface area contributed by atoms with Crippen molar-refractivity contribution >= 4 is 28.8 Å². The van der Waals surface area contributed by atoms with Crippen molar-refractivity contribution < 1.29 is 18.7 Å². The monoisotopic (exact) mass is 528 g/mol. The molecule has 0 fully saturated rings. The van der Waals surface area contributed by atoms with Crippen molar-refractivity contribution in [3.8, 4) is 0 Å². The third-order valence-electron chi connectivity index (χ3n) is 6.18. The number of hydrogen-bond donors (Lipinski definition) is 1. The first-order valence-electron chi connectivity index (χ1n) is 12.1. The molecule has 38 heavy (non-hydrogen) atoms. The van der Waals surface area contributed by atoms with Crippen LogP contribution >= 0.6 is 11.8 Å². The van der Waals surface area contributed by atoms with Crippen LogP contribution in [0.25, 0.3) is 0 Å². The maximum Gasteiger partial charge on any atom is 0.338 e. The number of amidine groups is 1. The molecule has 1 unspecified atom stereocenters. The lowest BCUT2D eigenvalue weighted by Gasteiger charge is -2.36. The molecule has 0 saturated carbocycles. The van der Waals surface area contributed by atoms with Crippen LogP contribution in [0.1, 0.15) is 36.1 Å². The number of esters is 1. The maximum absolute atomic E-state index is 14.4. The smallest absolute Gasteiger partial charge is 0.338 e. The number of fused-ring (bicyclic) bond motifs is 1. The van der Waals surface area contributed by atoms with Crippen LogP contribution in [-0.2, 0) is 27.5 Å². The van der Waals surface area contributed by atoms with Crippen molar-refractivity contribution in [1.29, 1.82) is 0 Å². The summed E-state index contributed by atoms with van der Waals surface area (Å²) in [5.41, 5.74) is 3.81. The number of benzene rings is 2. The lowest BCUT2D eigenvalue weighted by Crippen LogP contribution is -2.38. The molecule has 1 N–H and O–H groups in total. The third-order valence-corrected chi connectivity index (χ3v) is 7.07. The average Bonchev–Trinajstić information content (AvgIpc) is 3.32. The van der Waals surface area contributed by atoms with E-state index >= 15 is 0 Å². The Kier molecular flexibility index (Phi) is 7.65. The van der Waals surface area contributed by atoms with Crippen molar-refractivity contribution in [2.45, 2.75) is 32.5 Å². The molecule has 2 aromatic carbocycles. The van der Waals surface area contributed by atoms with Crippen molar-refractivity contribution in [2.24, 2.45) is 4.99 Å². The van der Waals surface area contributed by atoms with Crippen molar-refractivity contribution in [3.63, 3.8) is 0 Å². The number of nitrogens with zero attached hydrogens (tertiary/aromatic N) is 3. The summed E-state index contributed by atoms with van der Waals surface area (Å²) in [6.45, 7) is 2.21. The van der Waals surface area contributed by atoms with E-state index in [-0.39, 0.29) is 18.9 Å². The quantitative estimate of drug-likeness (QED) is 0.403. The Labute approximate surface area is 224 Å². The Morgan fingerprint density at radius 2 is 1.84 bits per heavy atom. The minimum absolute atomic E-state index is 0.0638. The van der Waals surface area contributed by atoms with Gasteiger partial charge in [-0.2, -0.15) is 0 Å². The molecule has 9 heteroatoms. The standard InChI is InChI=1S/C29H25FN4O3S/c1-19-26(28(36)37-17-21-6-3-2-4-7-21)27(22-8-5-9-23(30)14-22)34-24(18-38-29(34)33-19)15-25(35)32-16-20-10-12-31-13-11-20/h2-14,18,27H,15-17H2,1H3,(H,32,35). The predicted molar refractivity (Wildman–Crippen MR) is 144 cm³/mol. The topological polar surface area (TPSA) is 83.9 Å². The summed E-state index contributed by atoms with van der Waals surface area (Å²) < 4.78 is 20.0. The first-order valence-corrected chi connectivity index (χ1v) is 12.9. The number of thioether (sulfide) groups is 1. The van der Waals surface area contributed by atoms with E-state index < -0.39 is 17.8 Å². The minimum Gasteiger partial charge on any atom is -0.457 e. The van der Waals surface area contributed by atoms with E-state index in [9.17, 15) is 14.0 Å². The number of nitrogens with one attached hydrogen (secondary N) is 1. The number of carbonyl (C=O) groups excluding carboxylic acids is 2. The SMILES string of the molecule is CC1=C(C(=O)OCc2ccccc2)C(c2cccc(F)c2)N2C(CC(=O)NCc3ccncc3)=CSC2=N1. The molecule has 3 aromatic rings. The van der Waals surface area contributed by atoms with Gasteiger partial charge >= 0.3 is 5.97 Å². The highest BCUT2D eigenvalue weighted by atomic mass is 32.2. The molecule has 0 saturated heterocycles. The fourth-order valence-corrected chi connectivity index (χ4v) is 5.32. The van der Waals surface area contributed by atoms with Crippen LogP contribution < -0.4 is 5.32 Å². The number of halogens is 1. The number of allylic oxidation sites excluding steroid dienone is 1. The molecule has 0 bridgehead atoms. The number of hydrogen-bond acceptors (Lipinski definition) is 7. The summed E-state index contributed by atoms with van der Waals surface area (Å²) >= 11 is 1.37. The molecular formula is C29H25FN4O3S.